The van der Waals surface area contributed by atoms with Gasteiger partial charge in [-0.3, -0.25) is 0 Å². The molecule has 2 heterocycles. The van der Waals surface area contributed by atoms with Crippen LogP contribution in [0.25, 0.3) is 17.1 Å². The van der Waals surface area contributed by atoms with E-state index in [0.717, 1.165) is 11.3 Å². The van der Waals surface area contributed by atoms with Crippen LogP contribution in [0.3, 0.4) is 0 Å². The van der Waals surface area contributed by atoms with Crippen LogP contribution in [-0.4, -0.2) is 37.1 Å². The van der Waals surface area contributed by atoms with E-state index in [1.165, 1.54) is 4.80 Å². The number of benzene rings is 2. The van der Waals surface area contributed by atoms with Crippen molar-refractivity contribution in [3.8, 4) is 22.8 Å². The van der Waals surface area contributed by atoms with E-state index >= 15 is 0 Å². The number of methoxy groups -OCH3 is 1. The standard InChI is InChI=1S/C18H13BrCl2N6O/c1-28-12-7-5-11(6-8-12)10-26-24-18(23-25-26)13-9-22-27(17(13)19)16-14(20)3-2-4-15(16)21/h2-9H,10H2,1H3. The van der Waals surface area contributed by atoms with Crippen LogP contribution < -0.4 is 4.74 Å². The Hall–Kier alpha value is -2.42. The van der Waals surface area contributed by atoms with Crippen molar-refractivity contribution >= 4 is 39.1 Å². The Labute approximate surface area is 179 Å². The fourth-order valence-electron chi connectivity index (χ4n) is 2.64. The number of ether oxygens (including phenoxy) is 1. The Morgan fingerprint density at radius 1 is 1.07 bits per heavy atom. The highest BCUT2D eigenvalue weighted by molar-refractivity contribution is 9.10. The molecule has 2 aromatic carbocycles. The number of rotatable bonds is 5. The zero-order valence-corrected chi connectivity index (χ0v) is 17.6. The third-order valence-corrected chi connectivity index (χ3v) is 5.41. The summed E-state index contributed by atoms with van der Waals surface area (Å²) in [5.41, 5.74) is 2.29. The average molecular weight is 480 g/mol. The Balaban J connectivity index is 1.61. The molecule has 142 valence electrons. The highest BCUT2D eigenvalue weighted by Gasteiger charge is 2.19. The van der Waals surface area contributed by atoms with Gasteiger partial charge in [-0.05, 0) is 51.0 Å². The topological polar surface area (TPSA) is 70.7 Å². The number of hydrogen-bond acceptors (Lipinski definition) is 5. The fourth-order valence-corrected chi connectivity index (χ4v) is 3.75. The lowest BCUT2D eigenvalue weighted by Gasteiger charge is -2.08. The van der Waals surface area contributed by atoms with Gasteiger partial charge in [-0.25, -0.2) is 4.68 Å². The minimum atomic E-state index is 0.440. The van der Waals surface area contributed by atoms with Crippen LogP contribution in [0.5, 0.6) is 5.75 Å². The van der Waals surface area contributed by atoms with Gasteiger partial charge in [0.15, 0.2) is 0 Å². The van der Waals surface area contributed by atoms with E-state index in [9.17, 15) is 0 Å². The summed E-state index contributed by atoms with van der Waals surface area (Å²) in [5.74, 6) is 1.24. The summed E-state index contributed by atoms with van der Waals surface area (Å²) >= 11 is 16.1. The summed E-state index contributed by atoms with van der Waals surface area (Å²) in [5, 5.41) is 18.0. The first-order valence-electron chi connectivity index (χ1n) is 8.16. The molecule has 0 bridgehead atoms. The maximum Gasteiger partial charge on any atom is 0.209 e. The van der Waals surface area contributed by atoms with E-state index in [-0.39, 0.29) is 0 Å². The fraction of sp³-hybridized carbons (Fsp3) is 0.111. The molecule has 0 unspecified atom stereocenters. The summed E-state index contributed by atoms with van der Waals surface area (Å²) in [6, 6.07) is 13.0. The van der Waals surface area contributed by atoms with Crippen molar-refractivity contribution < 1.29 is 4.74 Å². The summed E-state index contributed by atoms with van der Waals surface area (Å²) in [6.07, 6.45) is 1.64. The molecule has 0 aliphatic heterocycles. The second-order valence-electron chi connectivity index (χ2n) is 5.82. The van der Waals surface area contributed by atoms with Gasteiger partial charge in [-0.15, -0.1) is 10.2 Å². The molecule has 0 fully saturated rings. The average Bonchev–Trinajstić information content (AvgIpc) is 3.29. The smallest absolute Gasteiger partial charge is 0.209 e. The second-order valence-corrected chi connectivity index (χ2v) is 7.39. The minimum Gasteiger partial charge on any atom is -0.497 e. The Bertz CT molecular complexity index is 1110. The summed E-state index contributed by atoms with van der Waals surface area (Å²) < 4.78 is 7.40. The first kappa shape index (κ1) is 18.9. The third-order valence-electron chi connectivity index (χ3n) is 4.04. The predicted molar refractivity (Wildman–Crippen MR) is 110 cm³/mol. The largest absolute Gasteiger partial charge is 0.497 e. The number of hydrogen-bond donors (Lipinski definition) is 0. The second kappa shape index (κ2) is 7.90. The lowest BCUT2D eigenvalue weighted by atomic mass is 10.2. The van der Waals surface area contributed by atoms with Crippen LogP contribution in [0.1, 0.15) is 5.56 Å². The minimum absolute atomic E-state index is 0.440. The van der Waals surface area contributed by atoms with Crippen LogP contribution in [0.2, 0.25) is 10.0 Å². The quantitative estimate of drug-likeness (QED) is 0.416. The highest BCUT2D eigenvalue weighted by Crippen LogP contribution is 2.34. The molecule has 0 radical (unpaired) electrons. The van der Waals surface area contributed by atoms with Crippen molar-refractivity contribution in [3.05, 3.63) is 68.9 Å². The van der Waals surface area contributed by atoms with Gasteiger partial charge in [0.25, 0.3) is 0 Å². The Kier molecular flexibility index (Phi) is 5.34. The van der Waals surface area contributed by atoms with Crippen molar-refractivity contribution in [1.82, 2.24) is 30.0 Å². The molecule has 0 spiro atoms. The van der Waals surface area contributed by atoms with Crippen LogP contribution in [0.15, 0.2) is 53.3 Å². The summed E-state index contributed by atoms with van der Waals surface area (Å²) in [6.45, 7) is 0.485. The maximum atomic E-state index is 6.28. The van der Waals surface area contributed by atoms with Gasteiger partial charge in [-0.1, -0.05) is 41.4 Å². The van der Waals surface area contributed by atoms with Gasteiger partial charge in [0.05, 0.1) is 35.5 Å². The number of aromatic nitrogens is 6. The first-order chi connectivity index (χ1) is 13.6. The molecule has 0 N–H and O–H groups in total. The van der Waals surface area contributed by atoms with Crippen molar-refractivity contribution in [2.24, 2.45) is 0 Å². The molecular weight excluding hydrogens is 467 g/mol. The van der Waals surface area contributed by atoms with Crippen molar-refractivity contribution in [1.29, 1.82) is 0 Å². The molecule has 2 aromatic heterocycles. The highest BCUT2D eigenvalue weighted by atomic mass is 79.9. The van der Waals surface area contributed by atoms with E-state index in [0.29, 0.717) is 38.3 Å². The van der Waals surface area contributed by atoms with Crippen LogP contribution in [0, 0.1) is 0 Å². The molecule has 0 saturated carbocycles. The van der Waals surface area contributed by atoms with Crippen molar-refractivity contribution in [3.63, 3.8) is 0 Å². The number of para-hydroxylation sites is 1. The zero-order valence-electron chi connectivity index (χ0n) is 14.6. The van der Waals surface area contributed by atoms with Crippen LogP contribution in [0.4, 0.5) is 0 Å². The Morgan fingerprint density at radius 2 is 1.79 bits per heavy atom. The molecule has 0 aliphatic rings. The molecule has 7 nitrogen and oxygen atoms in total. The molecular formula is C18H13BrCl2N6O. The third kappa shape index (κ3) is 3.63. The molecule has 0 amide bonds. The molecule has 0 aliphatic carbocycles. The van der Waals surface area contributed by atoms with Crippen LogP contribution >= 0.6 is 39.1 Å². The molecule has 0 saturated heterocycles. The zero-order chi connectivity index (χ0) is 19.7. The van der Waals surface area contributed by atoms with Crippen molar-refractivity contribution in [2.75, 3.05) is 7.11 Å². The predicted octanol–water partition coefficient (Wildman–Crippen LogP) is 4.65. The van der Waals surface area contributed by atoms with Crippen LogP contribution in [-0.2, 0) is 6.54 Å². The van der Waals surface area contributed by atoms with E-state index in [4.69, 9.17) is 27.9 Å². The molecule has 4 aromatic rings. The number of tetrazole rings is 1. The van der Waals surface area contributed by atoms with Gasteiger partial charge in [0, 0.05) is 0 Å². The monoisotopic (exact) mass is 478 g/mol. The summed E-state index contributed by atoms with van der Waals surface area (Å²) in [4.78, 5) is 1.52. The molecule has 10 heteroatoms. The maximum absolute atomic E-state index is 6.28. The number of halogens is 3. The Morgan fingerprint density at radius 3 is 2.46 bits per heavy atom. The lowest BCUT2D eigenvalue weighted by molar-refractivity contribution is 0.414. The SMILES string of the molecule is COc1ccc(Cn2nnc(-c3cnn(-c4c(Cl)cccc4Cl)c3Br)n2)cc1. The van der Waals surface area contributed by atoms with E-state index in [2.05, 4.69) is 36.4 Å². The molecule has 28 heavy (non-hydrogen) atoms. The van der Waals surface area contributed by atoms with Gasteiger partial charge in [0.2, 0.25) is 5.82 Å². The first-order valence-corrected chi connectivity index (χ1v) is 9.70. The van der Waals surface area contributed by atoms with E-state index in [1.54, 1.807) is 36.2 Å². The molecule has 4 rings (SSSR count). The lowest BCUT2D eigenvalue weighted by Crippen LogP contribution is -2.04. The normalized spacial score (nSPS) is 11.0. The number of nitrogens with zero attached hydrogens (tertiary/aromatic N) is 6. The summed E-state index contributed by atoms with van der Waals surface area (Å²) in [7, 11) is 1.63. The van der Waals surface area contributed by atoms with E-state index in [1.807, 2.05) is 24.3 Å². The van der Waals surface area contributed by atoms with Gasteiger partial charge < -0.3 is 4.74 Å². The van der Waals surface area contributed by atoms with Crippen molar-refractivity contribution in [2.45, 2.75) is 6.54 Å². The molecule has 0 atom stereocenters. The van der Waals surface area contributed by atoms with E-state index < -0.39 is 0 Å². The van der Waals surface area contributed by atoms with Gasteiger partial charge in [0.1, 0.15) is 16.0 Å². The van der Waals surface area contributed by atoms with Gasteiger partial charge >= 0.3 is 0 Å². The van der Waals surface area contributed by atoms with Gasteiger partial charge in [-0.2, -0.15) is 9.90 Å².